The predicted octanol–water partition coefficient (Wildman–Crippen LogP) is 2.41. The van der Waals surface area contributed by atoms with Crippen LogP contribution in [0.15, 0.2) is 18.6 Å². The third-order valence-electron chi connectivity index (χ3n) is 3.92. The van der Waals surface area contributed by atoms with Crippen molar-refractivity contribution < 1.29 is 4.79 Å². The Morgan fingerprint density at radius 1 is 1.41 bits per heavy atom. The zero-order valence-corrected chi connectivity index (χ0v) is 13.6. The van der Waals surface area contributed by atoms with E-state index in [1.807, 2.05) is 13.8 Å². The van der Waals surface area contributed by atoms with E-state index < -0.39 is 0 Å². The monoisotopic (exact) mass is 317 g/mol. The first kappa shape index (κ1) is 14.9. The number of hydrogen-bond donors (Lipinski definition) is 1. The average molecular weight is 317 g/mol. The predicted molar refractivity (Wildman–Crippen MR) is 87.2 cm³/mol. The minimum Gasteiger partial charge on any atom is -0.355 e. The van der Waals surface area contributed by atoms with E-state index in [1.54, 1.807) is 18.6 Å². The Bertz CT molecular complexity index is 638. The number of carbonyl (C=O) groups excluding carboxylic acids is 1. The van der Waals surface area contributed by atoms with Crippen LogP contribution in [-0.2, 0) is 4.79 Å². The largest absolute Gasteiger partial charge is 0.355 e. The van der Waals surface area contributed by atoms with E-state index in [-0.39, 0.29) is 11.8 Å². The number of rotatable bonds is 3. The van der Waals surface area contributed by atoms with E-state index in [2.05, 4.69) is 25.2 Å². The second-order valence-corrected chi connectivity index (χ2v) is 6.70. The van der Waals surface area contributed by atoms with Crippen LogP contribution in [0.1, 0.15) is 23.4 Å². The van der Waals surface area contributed by atoms with E-state index in [1.165, 1.54) is 11.3 Å². The van der Waals surface area contributed by atoms with Crippen LogP contribution in [0.2, 0.25) is 0 Å². The highest BCUT2D eigenvalue weighted by molar-refractivity contribution is 7.15. The first-order valence-corrected chi connectivity index (χ1v) is 8.21. The molecular formula is C15H19N5OS. The molecule has 0 aliphatic carbocycles. The van der Waals surface area contributed by atoms with Crippen LogP contribution in [-0.4, -0.2) is 33.9 Å². The maximum absolute atomic E-state index is 12.5. The van der Waals surface area contributed by atoms with Crippen LogP contribution >= 0.6 is 11.3 Å². The summed E-state index contributed by atoms with van der Waals surface area (Å²) in [4.78, 5) is 28.5. The van der Waals surface area contributed by atoms with Crippen LogP contribution in [0.3, 0.4) is 0 Å². The van der Waals surface area contributed by atoms with Crippen molar-refractivity contribution in [3.8, 4) is 0 Å². The van der Waals surface area contributed by atoms with E-state index in [4.69, 9.17) is 0 Å². The lowest BCUT2D eigenvalue weighted by atomic mass is 9.97. The quantitative estimate of drug-likeness (QED) is 0.941. The number of aryl methyl sites for hydroxylation is 2. The molecule has 1 amide bonds. The number of nitrogens with zero attached hydrogens (tertiary/aromatic N) is 4. The van der Waals surface area contributed by atoms with Crippen molar-refractivity contribution in [3.05, 3.63) is 29.2 Å². The van der Waals surface area contributed by atoms with Crippen molar-refractivity contribution in [1.29, 1.82) is 0 Å². The molecule has 2 aromatic heterocycles. The third-order valence-corrected chi connectivity index (χ3v) is 4.91. The summed E-state index contributed by atoms with van der Waals surface area (Å²) in [5, 5.41) is 3.64. The van der Waals surface area contributed by atoms with E-state index in [0.29, 0.717) is 11.7 Å². The molecule has 2 aromatic rings. The number of anilines is 2. The van der Waals surface area contributed by atoms with Crippen LogP contribution in [0.5, 0.6) is 0 Å². The molecule has 0 radical (unpaired) electrons. The summed E-state index contributed by atoms with van der Waals surface area (Å²) in [5.74, 6) is 0.837. The zero-order chi connectivity index (χ0) is 15.5. The average Bonchev–Trinajstić information content (AvgIpc) is 2.86. The Morgan fingerprint density at radius 2 is 2.27 bits per heavy atom. The fourth-order valence-electron chi connectivity index (χ4n) is 2.59. The number of thiazole rings is 1. The summed E-state index contributed by atoms with van der Waals surface area (Å²) >= 11 is 1.52. The highest BCUT2D eigenvalue weighted by atomic mass is 32.1. The highest BCUT2D eigenvalue weighted by Crippen LogP contribution is 2.25. The van der Waals surface area contributed by atoms with Crippen LogP contribution < -0.4 is 10.2 Å². The first-order chi connectivity index (χ1) is 10.6. The van der Waals surface area contributed by atoms with Crippen LogP contribution in [0, 0.1) is 19.8 Å². The lowest BCUT2D eigenvalue weighted by Gasteiger charge is -2.32. The molecule has 0 bridgehead atoms. The van der Waals surface area contributed by atoms with E-state index >= 15 is 0 Å². The third kappa shape index (κ3) is 3.24. The molecule has 1 atom stereocenters. The molecule has 0 spiro atoms. The van der Waals surface area contributed by atoms with Gasteiger partial charge in [0.15, 0.2) is 5.13 Å². The molecule has 22 heavy (non-hydrogen) atoms. The molecule has 7 heteroatoms. The lowest BCUT2D eigenvalue weighted by molar-refractivity contribution is -0.120. The van der Waals surface area contributed by atoms with Gasteiger partial charge in [-0.25, -0.2) is 9.97 Å². The normalized spacial score (nSPS) is 18.3. The Kier molecular flexibility index (Phi) is 4.33. The molecule has 116 valence electrons. The van der Waals surface area contributed by atoms with Crippen molar-refractivity contribution in [2.45, 2.75) is 26.7 Å². The molecule has 6 nitrogen and oxygen atoms in total. The molecule has 1 fully saturated rings. The van der Waals surface area contributed by atoms with E-state index in [9.17, 15) is 4.79 Å². The number of piperidine rings is 1. The van der Waals surface area contributed by atoms with Crippen molar-refractivity contribution in [2.75, 3.05) is 23.3 Å². The summed E-state index contributed by atoms with van der Waals surface area (Å²) in [6.45, 7) is 5.56. The number of nitrogens with one attached hydrogen (secondary N) is 1. The van der Waals surface area contributed by atoms with Gasteiger partial charge in [0, 0.05) is 30.4 Å². The van der Waals surface area contributed by atoms with Gasteiger partial charge in [0.25, 0.3) is 0 Å². The van der Waals surface area contributed by atoms with Crippen molar-refractivity contribution in [2.24, 2.45) is 5.92 Å². The fraction of sp³-hybridized carbons (Fsp3) is 0.467. The molecule has 1 saturated heterocycles. The summed E-state index contributed by atoms with van der Waals surface area (Å²) in [5.41, 5.74) is 0.977. The SMILES string of the molecule is Cc1nc(NC(=O)[C@H]2CCCN(c3cnccn3)C2)sc1C. The minimum atomic E-state index is -0.0414. The smallest absolute Gasteiger partial charge is 0.231 e. The van der Waals surface area contributed by atoms with Gasteiger partial charge in [0.2, 0.25) is 5.91 Å². The van der Waals surface area contributed by atoms with Gasteiger partial charge >= 0.3 is 0 Å². The lowest BCUT2D eigenvalue weighted by Crippen LogP contribution is -2.41. The second kappa shape index (κ2) is 6.39. The van der Waals surface area contributed by atoms with Crippen molar-refractivity contribution >= 4 is 28.2 Å². The van der Waals surface area contributed by atoms with Crippen molar-refractivity contribution in [3.63, 3.8) is 0 Å². The van der Waals surface area contributed by atoms with Gasteiger partial charge < -0.3 is 10.2 Å². The number of hydrogen-bond acceptors (Lipinski definition) is 6. The molecule has 3 rings (SSSR count). The topological polar surface area (TPSA) is 71.0 Å². The Balaban J connectivity index is 1.65. The molecule has 3 heterocycles. The fourth-order valence-corrected chi connectivity index (χ4v) is 3.40. The molecule has 0 saturated carbocycles. The van der Waals surface area contributed by atoms with Gasteiger partial charge in [0.05, 0.1) is 17.8 Å². The Hall–Kier alpha value is -2.02. The van der Waals surface area contributed by atoms with E-state index in [0.717, 1.165) is 35.8 Å². The van der Waals surface area contributed by atoms with Gasteiger partial charge in [0.1, 0.15) is 5.82 Å². The molecule has 1 aliphatic rings. The molecule has 0 unspecified atom stereocenters. The minimum absolute atomic E-state index is 0.0414. The number of carbonyl (C=O) groups is 1. The highest BCUT2D eigenvalue weighted by Gasteiger charge is 2.27. The van der Waals surface area contributed by atoms with Gasteiger partial charge in [-0.3, -0.25) is 9.78 Å². The summed E-state index contributed by atoms with van der Waals surface area (Å²) < 4.78 is 0. The molecule has 1 aliphatic heterocycles. The maximum Gasteiger partial charge on any atom is 0.231 e. The Morgan fingerprint density at radius 3 is 2.95 bits per heavy atom. The Labute approximate surface area is 133 Å². The first-order valence-electron chi connectivity index (χ1n) is 7.39. The molecule has 1 N–H and O–H groups in total. The molecule has 0 aromatic carbocycles. The zero-order valence-electron chi connectivity index (χ0n) is 12.7. The summed E-state index contributed by atoms with van der Waals surface area (Å²) in [7, 11) is 0. The van der Waals surface area contributed by atoms with Gasteiger partial charge in [-0.15, -0.1) is 11.3 Å². The summed E-state index contributed by atoms with van der Waals surface area (Å²) in [6.07, 6.45) is 6.95. The standard InChI is InChI=1S/C15H19N5OS/c1-10-11(2)22-15(18-10)19-14(21)12-4-3-7-20(9-12)13-8-16-5-6-17-13/h5-6,8,12H,3-4,7,9H2,1-2H3,(H,18,19,21)/t12-/m0/s1. The number of aromatic nitrogens is 3. The van der Waals surface area contributed by atoms with Gasteiger partial charge in [-0.2, -0.15) is 0 Å². The second-order valence-electron chi connectivity index (χ2n) is 5.50. The maximum atomic E-state index is 12.5. The van der Waals surface area contributed by atoms with Gasteiger partial charge in [-0.1, -0.05) is 0 Å². The van der Waals surface area contributed by atoms with Crippen LogP contribution in [0.25, 0.3) is 0 Å². The molecular weight excluding hydrogens is 298 g/mol. The van der Waals surface area contributed by atoms with Crippen LogP contribution in [0.4, 0.5) is 10.9 Å². The van der Waals surface area contributed by atoms with Crippen molar-refractivity contribution in [1.82, 2.24) is 15.0 Å². The van der Waals surface area contributed by atoms with Gasteiger partial charge in [-0.05, 0) is 26.7 Å². The summed E-state index contributed by atoms with van der Waals surface area (Å²) in [6, 6.07) is 0. The number of amides is 1.